The minimum atomic E-state index is -0.255. The highest BCUT2D eigenvalue weighted by molar-refractivity contribution is 5.77. The number of nitrogens with zero attached hydrogens (tertiary/aromatic N) is 1. The zero-order valence-corrected chi connectivity index (χ0v) is 22.4. The van der Waals surface area contributed by atoms with Crippen molar-refractivity contribution in [2.75, 3.05) is 26.2 Å². The van der Waals surface area contributed by atoms with Gasteiger partial charge in [-0.05, 0) is 79.4 Å². The van der Waals surface area contributed by atoms with Gasteiger partial charge in [0.2, 0.25) is 0 Å². The van der Waals surface area contributed by atoms with Gasteiger partial charge in [0.05, 0.1) is 5.92 Å². The molecule has 0 amide bonds. The zero-order chi connectivity index (χ0) is 26.3. The van der Waals surface area contributed by atoms with E-state index in [0.29, 0.717) is 5.75 Å². The second-order valence-corrected chi connectivity index (χ2v) is 10.4. The molecule has 3 aromatic rings. The third-order valence-electron chi connectivity index (χ3n) is 7.17. The number of carbonyl (C=O) groups excluding carboxylic acids is 1. The molecular weight excluding hydrogens is 474 g/mol. The van der Waals surface area contributed by atoms with Crippen molar-refractivity contribution in [2.24, 2.45) is 5.92 Å². The van der Waals surface area contributed by atoms with E-state index in [1.807, 2.05) is 50.2 Å². The van der Waals surface area contributed by atoms with Crippen LogP contribution < -0.4 is 14.2 Å². The van der Waals surface area contributed by atoms with Gasteiger partial charge in [0, 0.05) is 18.2 Å². The Balaban J connectivity index is 1.31. The fourth-order valence-electron chi connectivity index (χ4n) is 4.97. The molecule has 0 aromatic heterocycles. The van der Waals surface area contributed by atoms with E-state index < -0.39 is 0 Å². The van der Waals surface area contributed by atoms with Gasteiger partial charge in [-0.2, -0.15) is 0 Å². The van der Waals surface area contributed by atoms with Gasteiger partial charge in [-0.3, -0.25) is 9.69 Å². The fourth-order valence-corrected chi connectivity index (χ4v) is 4.97. The summed E-state index contributed by atoms with van der Waals surface area (Å²) in [5, 5.41) is 0. The van der Waals surface area contributed by atoms with Crippen molar-refractivity contribution >= 4 is 11.5 Å². The number of allylic oxidation sites excluding steroid dienone is 1. The first-order chi connectivity index (χ1) is 18.5. The van der Waals surface area contributed by atoms with Crippen LogP contribution in [0.5, 0.6) is 17.2 Å². The summed E-state index contributed by atoms with van der Waals surface area (Å²) in [6, 6.07) is 24.3. The van der Waals surface area contributed by atoms with Crippen molar-refractivity contribution in [3.63, 3.8) is 0 Å². The highest BCUT2D eigenvalue weighted by atomic mass is 16.5. The molecule has 2 heterocycles. The van der Waals surface area contributed by atoms with Crippen molar-refractivity contribution in [2.45, 2.75) is 45.6 Å². The number of piperidine rings is 1. The summed E-state index contributed by atoms with van der Waals surface area (Å²) in [5.41, 5.74) is 4.48. The molecule has 3 aromatic carbocycles. The van der Waals surface area contributed by atoms with Crippen LogP contribution in [-0.2, 0) is 11.2 Å². The molecule has 38 heavy (non-hydrogen) atoms. The summed E-state index contributed by atoms with van der Waals surface area (Å²) in [6.45, 7) is 7.74. The molecule has 0 aliphatic carbocycles. The Hall–Kier alpha value is -3.57. The molecule has 0 radical (unpaired) electrons. The number of esters is 1. The van der Waals surface area contributed by atoms with Crippen molar-refractivity contribution < 1.29 is 19.0 Å². The molecule has 0 spiro atoms. The Morgan fingerprint density at radius 1 is 0.947 bits per heavy atom. The first kappa shape index (κ1) is 26.1. The molecule has 5 nitrogen and oxygen atoms in total. The summed E-state index contributed by atoms with van der Waals surface area (Å²) in [6.07, 6.45) is 6.69. The molecule has 2 aliphatic rings. The molecule has 1 atom stereocenters. The molecule has 5 heteroatoms. The summed E-state index contributed by atoms with van der Waals surface area (Å²) >= 11 is 0. The fraction of sp³-hybridized carbons (Fsp3) is 0.364. The van der Waals surface area contributed by atoms with Crippen LogP contribution in [0.25, 0.3) is 5.57 Å². The summed E-state index contributed by atoms with van der Waals surface area (Å²) in [5.74, 6) is 1.68. The lowest BCUT2D eigenvalue weighted by atomic mass is 9.92. The van der Waals surface area contributed by atoms with Crippen molar-refractivity contribution in [3.8, 4) is 17.2 Å². The molecule has 5 rings (SSSR count). The van der Waals surface area contributed by atoms with Crippen LogP contribution in [0.1, 0.15) is 55.9 Å². The third kappa shape index (κ3) is 6.65. The number of hydrogen-bond acceptors (Lipinski definition) is 5. The highest BCUT2D eigenvalue weighted by Gasteiger charge is 2.23. The van der Waals surface area contributed by atoms with Gasteiger partial charge in [0.15, 0.2) is 0 Å². The predicted octanol–water partition coefficient (Wildman–Crippen LogP) is 6.87. The lowest BCUT2D eigenvalue weighted by molar-refractivity contribution is -0.137. The largest absolute Gasteiger partial charge is 0.492 e. The van der Waals surface area contributed by atoms with E-state index in [-0.39, 0.29) is 18.0 Å². The molecule has 0 bridgehead atoms. The normalized spacial score (nSPS) is 17.3. The molecule has 0 N–H and O–H groups in total. The van der Waals surface area contributed by atoms with Crippen LogP contribution in [0.2, 0.25) is 0 Å². The van der Waals surface area contributed by atoms with Gasteiger partial charge in [-0.25, -0.2) is 0 Å². The van der Waals surface area contributed by atoms with Crippen molar-refractivity contribution in [3.05, 3.63) is 95.6 Å². The third-order valence-corrected chi connectivity index (χ3v) is 7.17. The van der Waals surface area contributed by atoms with E-state index in [1.165, 1.54) is 43.5 Å². The summed E-state index contributed by atoms with van der Waals surface area (Å²) < 4.78 is 18.0. The van der Waals surface area contributed by atoms with E-state index in [0.717, 1.165) is 42.2 Å². The number of rotatable bonds is 9. The zero-order valence-electron chi connectivity index (χ0n) is 22.4. The van der Waals surface area contributed by atoms with Crippen LogP contribution in [0.15, 0.2) is 78.9 Å². The highest BCUT2D eigenvalue weighted by Crippen LogP contribution is 2.41. The van der Waals surface area contributed by atoms with Crippen molar-refractivity contribution in [1.29, 1.82) is 0 Å². The Bertz CT molecular complexity index is 1240. The number of ether oxygens (including phenoxy) is 3. The average Bonchev–Trinajstić information content (AvgIpc) is 2.95. The number of likely N-dealkylation sites (tertiary alicyclic amines) is 1. The monoisotopic (exact) mass is 511 g/mol. The minimum Gasteiger partial charge on any atom is -0.492 e. The Morgan fingerprint density at radius 2 is 1.68 bits per heavy atom. The topological polar surface area (TPSA) is 48.0 Å². The standard InChI is InChI=1S/C33H37NO4/c1-24(2)33(35)37-29-15-16-30-27(22-31(38-32(30)23-29)26-9-5-3-6-10-26)21-25-11-13-28(14-12-25)36-20-19-34-17-7-4-8-18-34/h3,5-6,9-16,22-24,31H,4,7-8,17-21H2,1-2H3. The van der Waals surface area contributed by atoms with Crippen LogP contribution in [0, 0.1) is 5.92 Å². The second-order valence-electron chi connectivity index (χ2n) is 10.4. The first-order valence-corrected chi connectivity index (χ1v) is 13.8. The van der Waals surface area contributed by atoms with Gasteiger partial charge in [0.25, 0.3) is 0 Å². The SMILES string of the molecule is CC(C)C(=O)Oc1ccc2c(c1)OC(c1ccccc1)C=C2Cc1ccc(OCCN2CCCCC2)cc1. The Labute approximate surface area is 226 Å². The van der Waals surface area contributed by atoms with Gasteiger partial charge in [0.1, 0.15) is 30.0 Å². The predicted molar refractivity (Wildman–Crippen MR) is 151 cm³/mol. The summed E-state index contributed by atoms with van der Waals surface area (Å²) in [7, 11) is 0. The van der Waals surface area contributed by atoms with E-state index in [4.69, 9.17) is 14.2 Å². The van der Waals surface area contributed by atoms with Crippen LogP contribution in [0.4, 0.5) is 0 Å². The number of carbonyl (C=O) groups is 1. The summed E-state index contributed by atoms with van der Waals surface area (Å²) in [4.78, 5) is 14.6. The minimum absolute atomic E-state index is 0.198. The van der Waals surface area contributed by atoms with E-state index in [1.54, 1.807) is 0 Å². The quantitative estimate of drug-likeness (QED) is 0.232. The maximum atomic E-state index is 12.2. The lowest BCUT2D eigenvalue weighted by Crippen LogP contribution is -2.33. The number of fused-ring (bicyclic) bond motifs is 1. The molecule has 1 fully saturated rings. The average molecular weight is 512 g/mol. The molecule has 1 unspecified atom stereocenters. The van der Waals surface area contributed by atoms with E-state index in [9.17, 15) is 4.79 Å². The van der Waals surface area contributed by atoms with Gasteiger partial charge >= 0.3 is 5.97 Å². The molecule has 198 valence electrons. The maximum absolute atomic E-state index is 12.2. The maximum Gasteiger partial charge on any atom is 0.313 e. The van der Waals surface area contributed by atoms with Gasteiger partial charge in [-0.15, -0.1) is 0 Å². The van der Waals surface area contributed by atoms with E-state index >= 15 is 0 Å². The Kier molecular flexibility index (Phi) is 8.44. The molecule has 1 saturated heterocycles. The molecular formula is C33H37NO4. The van der Waals surface area contributed by atoms with E-state index in [2.05, 4.69) is 47.4 Å². The lowest BCUT2D eigenvalue weighted by Gasteiger charge is -2.27. The van der Waals surface area contributed by atoms with Gasteiger partial charge in [-0.1, -0.05) is 62.7 Å². The molecule has 0 saturated carbocycles. The van der Waals surface area contributed by atoms with Crippen LogP contribution in [0.3, 0.4) is 0 Å². The molecule has 2 aliphatic heterocycles. The van der Waals surface area contributed by atoms with Crippen LogP contribution in [-0.4, -0.2) is 37.1 Å². The second kappa shape index (κ2) is 12.3. The smallest absolute Gasteiger partial charge is 0.313 e. The van der Waals surface area contributed by atoms with Crippen LogP contribution >= 0.6 is 0 Å². The Morgan fingerprint density at radius 3 is 2.42 bits per heavy atom. The number of hydrogen-bond donors (Lipinski definition) is 0. The van der Waals surface area contributed by atoms with Crippen molar-refractivity contribution in [1.82, 2.24) is 4.90 Å². The first-order valence-electron chi connectivity index (χ1n) is 13.8. The van der Waals surface area contributed by atoms with Gasteiger partial charge < -0.3 is 14.2 Å². The number of benzene rings is 3.